The van der Waals surface area contributed by atoms with E-state index >= 15 is 0 Å². The molecule has 28 heavy (non-hydrogen) atoms. The normalized spacial score (nSPS) is 15.2. The molecule has 0 atom stereocenters. The number of carbonyl (C=O) groups is 2. The van der Waals surface area contributed by atoms with E-state index in [9.17, 15) is 9.59 Å². The molecular weight excluding hydrogens is 354 g/mol. The van der Waals surface area contributed by atoms with Crippen molar-refractivity contribution in [2.24, 2.45) is 5.92 Å². The van der Waals surface area contributed by atoms with Gasteiger partial charge in [0.15, 0.2) is 6.61 Å². The van der Waals surface area contributed by atoms with Gasteiger partial charge in [-0.15, -0.1) is 0 Å². The van der Waals surface area contributed by atoms with Gasteiger partial charge in [-0.3, -0.25) is 4.79 Å². The molecule has 1 aromatic heterocycles. The van der Waals surface area contributed by atoms with Crippen molar-refractivity contribution in [2.45, 2.75) is 33.6 Å². The van der Waals surface area contributed by atoms with Crippen LogP contribution in [0.25, 0.3) is 11.8 Å². The Morgan fingerprint density at radius 2 is 1.86 bits per heavy atom. The Morgan fingerprint density at radius 3 is 2.54 bits per heavy atom. The lowest BCUT2D eigenvalue weighted by atomic mass is 9.99. The summed E-state index contributed by atoms with van der Waals surface area (Å²) in [4.78, 5) is 26.0. The fourth-order valence-corrected chi connectivity index (χ4v) is 3.40. The number of ether oxygens (including phenoxy) is 1. The van der Waals surface area contributed by atoms with Gasteiger partial charge in [-0.05, 0) is 50.8 Å². The van der Waals surface area contributed by atoms with E-state index in [0.717, 1.165) is 48.6 Å². The first-order valence-corrected chi connectivity index (χ1v) is 9.70. The van der Waals surface area contributed by atoms with Gasteiger partial charge in [-0.25, -0.2) is 9.48 Å². The number of rotatable bonds is 5. The Balaban J connectivity index is 1.59. The highest BCUT2D eigenvalue weighted by Gasteiger charge is 2.21. The molecule has 0 bridgehead atoms. The van der Waals surface area contributed by atoms with Gasteiger partial charge < -0.3 is 9.64 Å². The number of hydrogen-bond acceptors (Lipinski definition) is 4. The second-order valence-electron chi connectivity index (χ2n) is 7.34. The zero-order valence-corrected chi connectivity index (χ0v) is 16.7. The summed E-state index contributed by atoms with van der Waals surface area (Å²) in [7, 11) is 0. The molecule has 0 radical (unpaired) electrons. The average molecular weight is 381 g/mol. The fourth-order valence-electron chi connectivity index (χ4n) is 3.40. The average Bonchev–Trinajstić information content (AvgIpc) is 2.99. The molecule has 1 aliphatic heterocycles. The van der Waals surface area contributed by atoms with Crippen LogP contribution in [0.5, 0.6) is 0 Å². The number of nitrogens with zero attached hydrogens (tertiary/aromatic N) is 3. The summed E-state index contributed by atoms with van der Waals surface area (Å²) >= 11 is 0. The van der Waals surface area contributed by atoms with Crippen LogP contribution in [0, 0.1) is 19.8 Å². The Bertz CT molecular complexity index is 863. The van der Waals surface area contributed by atoms with Gasteiger partial charge in [0.1, 0.15) is 0 Å². The Hall–Kier alpha value is -2.89. The number of likely N-dealkylation sites (tertiary alicyclic amines) is 1. The molecule has 2 aromatic rings. The molecule has 0 spiro atoms. The number of para-hydroxylation sites is 1. The highest BCUT2D eigenvalue weighted by Crippen LogP contribution is 2.19. The van der Waals surface area contributed by atoms with Crippen molar-refractivity contribution >= 4 is 18.0 Å². The summed E-state index contributed by atoms with van der Waals surface area (Å²) in [6, 6.07) is 9.83. The highest BCUT2D eigenvalue weighted by molar-refractivity contribution is 5.89. The summed E-state index contributed by atoms with van der Waals surface area (Å²) in [5.74, 6) is 0.000659. The fraction of sp³-hybridized carbons (Fsp3) is 0.409. The molecule has 0 unspecified atom stereocenters. The molecule has 6 heteroatoms. The molecule has 3 rings (SSSR count). The number of aryl methyl sites for hydroxylation is 1. The van der Waals surface area contributed by atoms with Gasteiger partial charge in [0.05, 0.1) is 11.4 Å². The summed E-state index contributed by atoms with van der Waals surface area (Å²) in [6.45, 7) is 7.32. The topological polar surface area (TPSA) is 64.4 Å². The van der Waals surface area contributed by atoms with E-state index in [4.69, 9.17) is 4.74 Å². The molecule has 1 fully saturated rings. The van der Waals surface area contributed by atoms with Crippen molar-refractivity contribution in [1.29, 1.82) is 0 Å². The molecular formula is C22H27N3O3. The molecule has 6 nitrogen and oxygen atoms in total. The Morgan fingerprint density at radius 1 is 1.18 bits per heavy atom. The quantitative estimate of drug-likeness (QED) is 0.589. The minimum absolute atomic E-state index is 0.127. The number of amides is 1. The lowest BCUT2D eigenvalue weighted by Gasteiger charge is -2.30. The molecule has 2 heterocycles. The Labute approximate surface area is 165 Å². The SMILES string of the molecule is Cc1nn(-c2ccccc2)c(C)c1/C=C/C(=O)OCC(=O)N1CCC(C)CC1. The summed E-state index contributed by atoms with van der Waals surface area (Å²) in [5, 5.41) is 4.55. The van der Waals surface area contributed by atoms with Gasteiger partial charge in [0.2, 0.25) is 0 Å². The molecule has 0 saturated carbocycles. The number of carbonyl (C=O) groups excluding carboxylic acids is 2. The summed E-state index contributed by atoms with van der Waals surface area (Å²) < 4.78 is 6.98. The first-order valence-electron chi connectivity index (χ1n) is 9.70. The minimum atomic E-state index is -0.523. The second kappa shape index (κ2) is 8.87. The molecule has 1 amide bonds. The first kappa shape index (κ1) is 19.9. The predicted octanol–water partition coefficient (Wildman–Crippen LogP) is 3.30. The second-order valence-corrected chi connectivity index (χ2v) is 7.34. The third-order valence-electron chi connectivity index (χ3n) is 5.21. The van der Waals surface area contributed by atoms with Crippen LogP contribution in [-0.2, 0) is 14.3 Å². The van der Waals surface area contributed by atoms with Crippen molar-refractivity contribution in [3.63, 3.8) is 0 Å². The van der Waals surface area contributed by atoms with Crippen molar-refractivity contribution in [3.05, 3.63) is 53.4 Å². The molecule has 1 aliphatic rings. The van der Waals surface area contributed by atoms with Crippen molar-refractivity contribution < 1.29 is 14.3 Å². The molecule has 148 valence electrons. The van der Waals surface area contributed by atoms with Crippen LogP contribution in [0.4, 0.5) is 0 Å². The van der Waals surface area contributed by atoms with Gasteiger partial charge in [0.25, 0.3) is 5.91 Å². The lowest BCUT2D eigenvalue weighted by molar-refractivity contribution is -0.148. The molecule has 0 aliphatic carbocycles. The van der Waals surface area contributed by atoms with Crippen LogP contribution >= 0.6 is 0 Å². The highest BCUT2D eigenvalue weighted by atomic mass is 16.5. The maximum atomic E-state index is 12.2. The predicted molar refractivity (Wildman–Crippen MR) is 108 cm³/mol. The largest absolute Gasteiger partial charge is 0.452 e. The maximum Gasteiger partial charge on any atom is 0.331 e. The third kappa shape index (κ3) is 4.68. The zero-order valence-electron chi connectivity index (χ0n) is 16.7. The number of aromatic nitrogens is 2. The number of hydrogen-bond donors (Lipinski definition) is 0. The number of piperidine rings is 1. The monoisotopic (exact) mass is 381 g/mol. The van der Waals surface area contributed by atoms with Crippen LogP contribution in [0.3, 0.4) is 0 Å². The molecule has 1 saturated heterocycles. The summed E-state index contributed by atoms with van der Waals surface area (Å²) in [5.41, 5.74) is 3.60. The van der Waals surface area contributed by atoms with Crippen molar-refractivity contribution in [2.75, 3.05) is 19.7 Å². The zero-order chi connectivity index (χ0) is 20.1. The van der Waals surface area contributed by atoms with E-state index in [1.54, 1.807) is 11.0 Å². The van der Waals surface area contributed by atoms with Gasteiger partial charge in [-0.1, -0.05) is 25.1 Å². The van der Waals surface area contributed by atoms with E-state index in [-0.39, 0.29) is 12.5 Å². The standard InChI is InChI=1S/C22H27N3O3/c1-16-11-13-24(14-12-16)21(26)15-28-22(27)10-9-20-17(2)23-25(18(20)3)19-7-5-4-6-8-19/h4-10,16H,11-15H2,1-3H3/b10-9+. The molecule has 0 N–H and O–H groups in total. The van der Waals surface area contributed by atoms with Gasteiger partial charge in [-0.2, -0.15) is 5.10 Å². The first-order chi connectivity index (χ1) is 13.5. The van der Waals surface area contributed by atoms with E-state index in [2.05, 4.69) is 12.0 Å². The van der Waals surface area contributed by atoms with E-state index in [0.29, 0.717) is 5.92 Å². The Kier molecular flexibility index (Phi) is 6.29. The van der Waals surface area contributed by atoms with Crippen molar-refractivity contribution in [3.8, 4) is 5.69 Å². The summed E-state index contributed by atoms with van der Waals surface area (Å²) in [6.07, 6.45) is 5.07. The minimum Gasteiger partial charge on any atom is -0.452 e. The van der Waals surface area contributed by atoms with Crippen LogP contribution in [0.2, 0.25) is 0 Å². The van der Waals surface area contributed by atoms with Crippen molar-refractivity contribution in [1.82, 2.24) is 14.7 Å². The van der Waals surface area contributed by atoms with Crippen LogP contribution in [0.15, 0.2) is 36.4 Å². The lowest BCUT2D eigenvalue weighted by Crippen LogP contribution is -2.40. The van der Waals surface area contributed by atoms with Crippen LogP contribution in [0.1, 0.15) is 36.7 Å². The van der Waals surface area contributed by atoms with E-state index in [1.165, 1.54) is 6.08 Å². The van der Waals surface area contributed by atoms with Gasteiger partial charge in [0, 0.05) is 30.4 Å². The number of esters is 1. The van der Waals surface area contributed by atoms with Crippen LogP contribution < -0.4 is 0 Å². The van der Waals surface area contributed by atoms with E-state index in [1.807, 2.05) is 48.9 Å². The number of benzene rings is 1. The molecule has 1 aromatic carbocycles. The van der Waals surface area contributed by atoms with Crippen LogP contribution in [-0.4, -0.2) is 46.3 Å². The maximum absolute atomic E-state index is 12.2. The van der Waals surface area contributed by atoms with E-state index < -0.39 is 5.97 Å². The smallest absolute Gasteiger partial charge is 0.331 e. The van der Waals surface area contributed by atoms with Gasteiger partial charge >= 0.3 is 5.97 Å². The third-order valence-corrected chi connectivity index (χ3v) is 5.21.